The van der Waals surface area contributed by atoms with Crippen LogP contribution in [0.1, 0.15) is 24.2 Å². The summed E-state index contributed by atoms with van der Waals surface area (Å²) in [6, 6.07) is 6.82. The van der Waals surface area contributed by atoms with E-state index in [1.807, 2.05) is 7.05 Å². The fourth-order valence-electron chi connectivity index (χ4n) is 1.69. The summed E-state index contributed by atoms with van der Waals surface area (Å²) in [4.78, 5) is 13.7. The maximum atomic E-state index is 11.9. The Balaban J connectivity index is 2.57. The average molecular weight is 256 g/mol. The molecule has 0 heterocycles. The lowest BCUT2D eigenvalue weighted by atomic mass is 10.1. The monoisotopic (exact) mass is 255 g/mol. The van der Waals surface area contributed by atoms with E-state index in [1.165, 1.54) is 0 Å². The Bertz CT molecular complexity index is 381. The molecule has 1 N–H and O–H groups in total. The summed E-state index contributed by atoms with van der Waals surface area (Å²) in [5, 5.41) is 10.3. The minimum atomic E-state index is -0.797. The standard InChI is InChI=1S/C13H18ClNO2/c1-13(2,17)9-15(3)8-12(16)10-4-6-11(14)7-5-10/h4-7,17H,8-9H2,1-3H3. The number of hydrogen-bond donors (Lipinski definition) is 1. The van der Waals surface area contributed by atoms with E-state index in [9.17, 15) is 9.90 Å². The lowest BCUT2D eigenvalue weighted by Crippen LogP contribution is -2.38. The number of Topliss-reactive ketones (excluding diaryl/α,β-unsaturated/α-hetero) is 1. The van der Waals surface area contributed by atoms with Crippen molar-refractivity contribution in [3.05, 3.63) is 34.9 Å². The van der Waals surface area contributed by atoms with Gasteiger partial charge in [-0.15, -0.1) is 0 Å². The summed E-state index contributed by atoms with van der Waals surface area (Å²) in [7, 11) is 1.81. The first-order chi connectivity index (χ1) is 7.78. The van der Waals surface area contributed by atoms with Crippen LogP contribution in [0.2, 0.25) is 5.02 Å². The molecule has 0 aliphatic rings. The van der Waals surface area contributed by atoms with Gasteiger partial charge < -0.3 is 5.11 Å². The molecular weight excluding hydrogens is 238 g/mol. The molecule has 0 aromatic heterocycles. The average Bonchev–Trinajstić information content (AvgIpc) is 2.15. The van der Waals surface area contributed by atoms with Crippen LogP contribution in [0, 0.1) is 0 Å². The highest BCUT2D eigenvalue weighted by molar-refractivity contribution is 6.30. The molecule has 3 nitrogen and oxygen atoms in total. The van der Waals surface area contributed by atoms with Gasteiger partial charge in [0.05, 0.1) is 12.1 Å². The zero-order valence-corrected chi connectivity index (χ0v) is 11.2. The highest BCUT2D eigenvalue weighted by Gasteiger charge is 2.17. The highest BCUT2D eigenvalue weighted by atomic mass is 35.5. The number of ketones is 1. The van der Waals surface area contributed by atoms with Gasteiger partial charge >= 0.3 is 0 Å². The Kier molecular flexibility index (Phi) is 4.69. The molecule has 0 amide bonds. The van der Waals surface area contributed by atoms with Gasteiger partial charge in [-0.25, -0.2) is 0 Å². The zero-order chi connectivity index (χ0) is 13.1. The Hall–Kier alpha value is -0.900. The van der Waals surface area contributed by atoms with Crippen LogP contribution in [0.15, 0.2) is 24.3 Å². The van der Waals surface area contributed by atoms with Gasteiger partial charge in [-0.3, -0.25) is 9.69 Å². The van der Waals surface area contributed by atoms with Crippen molar-refractivity contribution in [1.82, 2.24) is 4.90 Å². The molecule has 94 valence electrons. The van der Waals surface area contributed by atoms with Crippen LogP contribution in [-0.4, -0.2) is 41.5 Å². The van der Waals surface area contributed by atoms with Crippen LogP contribution in [0.25, 0.3) is 0 Å². The van der Waals surface area contributed by atoms with Gasteiger partial charge in [-0.1, -0.05) is 11.6 Å². The largest absolute Gasteiger partial charge is 0.389 e. The van der Waals surface area contributed by atoms with E-state index in [2.05, 4.69) is 0 Å². The first kappa shape index (κ1) is 14.2. The van der Waals surface area contributed by atoms with Crippen LogP contribution in [-0.2, 0) is 0 Å². The fourth-order valence-corrected chi connectivity index (χ4v) is 1.81. The molecule has 0 aliphatic carbocycles. The third kappa shape index (κ3) is 5.31. The van der Waals surface area contributed by atoms with E-state index in [4.69, 9.17) is 11.6 Å². The van der Waals surface area contributed by atoms with Crippen molar-refractivity contribution in [2.24, 2.45) is 0 Å². The molecule has 17 heavy (non-hydrogen) atoms. The Morgan fingerprint density at radius 2 is 1.88 bits per heavy atom. The molecule has 0 aliphatic heterocycles. The van der Waals surface area contributed by atoms with Crippen molar-refractivity contribution in [2.75, 3.05) is 20.1 Å². The fraction of sp³-hybridized carbons (Fsp3) is 0.462. The lowest BCUT2D eigenvalue weighted by Gasteiger charge is -2.24. The number of rotatable bonds is 5. The molecule has 0 radical (unpaired) electrons. The Labute approximate surface area is 107 Å². The summed E-state index contributed by atoms with van der Waals surface area (Å²) < 4.78 is 0. The number of carbonyl (C=O) groups is 1. The minimum Gasteiger partial charge on any atom is -0.389 e. The third-order valence-corrected chi connectivity index (χ3v) is 2.49. The van der Waals surface area contributed by atoms with Crippen LogP contribution >= 0.6 is 11.6 Å². The molecule has 1 aromatic rings. The molecule has 1 rings (SSSR count). The van der Waals surface area contributed by atoms with E-state index in [0.717, 1.165) is 0 Å². The number of benzene rings is 1. The third-order valence-electron chi connectivity index (χ3n) is 2.24. The first-order valence-corrected chi connectivity index (χ1v) is 5.85. The molecule has 0 bridgehead atoms. The van der Waals surface area contributed by atoms with Crippen LogP contribution in [0.4, 0.5) is 0 Å². The summed E-state index contributed by atoms with van der Waals surface area (Å²) in [6.45, 7) is 4.17. The molecular formula is C13H18ClNO2. The molecule has 1 aromatic carbocycles. The maximum Gasteiger partial charge on any atom is 0.176 e. The predicted octanol–water partition coefficient (Wildman–Crippen LogP) is 2.23. The van der Waals surface area contributed by atoms with Crippen LogP contribution in [0.5, 0.6) is 0 Å². The molecule has 0 saturated heterocycles. The normalized spacial score (nSPS) is 11.9. The second-order valence-corrected chi connectivity index (χ2v) is 5.35. The number of likely N-dealkylation sites (N-methyl/N-ethyl adjacent to an activating group) is 1. The first-order valence-electron chi connectivity index (χ1n) is 5.47. The van der Waals surface area contributed by atoms with Gasteiger partial charge in [0.15, 0.2) is 5.78 Å². The second kappa shape index (κ2) is 5.63. The van der Waals surface area contributed by atoms with Gasteiger partial charge in [-0.2, -0.15) is 0 Å². The van der Waals surface area contributed by atoms with Gasteiger partial charge in [0.1, 0.15) is 0 Å². The molecule has 4 heteroatoms. The zero-order valence-electron chi connectivity index (χ0n) is 10.4. The summed E-state index contributed by atoms with van der Waals surface area (Å²) in [5.74, 6) is 0.0217. The van der Waals surface area contributed by atoms with Gasteiger partial charge in [0.25, 0.3) is 0 Å². The van der Waals surface area contributed by atoms with Crippen molar-refractivity contribution < 1.29 is 9.90 Å². The molecule has 0 atom stereocenters. The van der Waals surface area contributed by atoms with Gasteiger partial charge in [0, 0.05) is 17.1 Å². The van der Waals surface area contributed by atoms with Crippen molar-refractivity contribution in [3.63, 3.8) is 0 Å². The number of nitrogens with zero attached hydrogens (tertiary/aromatic N) is 1. The van der Waals surface area contributed by atoms with Crippen LogP contribution < -0.4 is 0 Å². The Morgan fingerprint density at radius 3 is 2.35 bits per heavy atom. The topological polar surface area (TPSA) is 40.5 Å². The van der Waals surface area contributed by atoms with E-state index >= 15 is 0 Å². The van der Waals surface area contributed by atoms with E-state index in [0.29, 0.717) is 17.1 Å². The summed E-state index contributed by atoms with van der Waals surface area (Å²) in [6.07, 6.45) is 0. The predicted molar refractivity (Wildman–Crippen MR) is 69.6 cm³/mol. The lowest BCUT2D eigenvalue weighted by molar-refractivity contribution is 0.0439. The minimum absolute atomic E-state index is 0.0217. The summed E-state index contributed by atoms with van der Waals surface area (Å²) in [5.41, 5.74) is -0.160. The number of aliphatic hydroxyl groups is 1. The number of carbonyl (C=O) groups excluding carboxylic acids is 1. The van der Waals surface area contributed by atoms with Crippen molar-refractivity contribution in [1.29, 1.82) is 0 Å². The molecule has 0 saturated carbocycles. The van der Waals surface area contributed by atoms with Gasteiger partial charge in [-0.05, 0) is 45.2 Å². The number of hydrogen-bond acceptors (Lipinski definition) is 3. The molecule has 0 unspecified atom stereocenters. The van der Waals surface area contributed by atoms with E-state index < -0.39 is 5.60 Å². The molecule has 0 spiro atoms. The smallest absolute Gasteiger partial charge is 0.176 e. The Morgan fingerprint density at radius 1 is 1.35 bits per heavy atom. The van der Waals surface area contributed by atoms with E-state index in [-0.39, 0.29) is 12.3 Å². The second-order valence-electron chi connectivity index (χ2n) is 4.91. The SMILES string of the molecule is CN(CC(=O)c1ccc(Cl)cc1)CC(C)(C)O. The summed E-state index contributed by atoms with van der Waals surface area (Å²) >= 11 is 5.75. The van der Waals surface area contributed by atoms with E-state index in [1.54, 1.807) is 43.0 Å². The number of halogens is 1. The van der Waals surface area contributed by atoms with Gasteiger partial charge in [0.2, 0.25) is 0 Å². The maximum absolute atomic E-state index is 11.9. The van der Waals surface area contributed by atoms with Crippen molar-refractivity contribution in [3.8, 4) is 0 Å². The quantitative estimate of drug-likeness (QED) is 0.821. The van der Waals surface area contributed by atoms with Crippen molar-refractivity contribution >= 4 is 17.4 Å². The van der Waals surface area contributed by atoms with Crippen LogP contribution in [0.3, 0.4) is 0 Å². The van der Waals surface area contributed by atoms with Crippen molar-refractivity contribution in [2.45, 2.75) is 19.4 Å². The molecule has 0 fully saturated rings. The highest BCUT2D eigenvalue weighted by Crippen LogP contribution is 2.11.